The van der Waals surface area contributed by atoms with Gasteiger partial charge in [0.15, 0.2) is 17.4 Å². The Bertz CT molecular complexity index is 1330. The molecule has 0 saturated heterocycles. The minimum atomic E-state index is -3.14. The molecule has 0 radical (unpaired) electrons. The Morgan fingerprint density at radius 3 is 2.69 bits per heavy atom. The summed E-state index contributed by atoms with van der Waals surface area (Å²) in [6.07, 6.45) is -3.39. The van der Waals surface area contributed by atoms with Crippen molar-refractivity contribution in [3.63, 3.8) is 0 Å². The number of carbonyl (C=O) groups is 1. The number of alkyl halides is 2. The first-order chi connectivity index (χ1) is 17.2. The number of hydrogen-bond donors (Lipinski definition) is 2. The maximum Gasteiger partial charge on any atom is 0.283 e. The van der Waals surface area contributed by atoms with Gasteiger partial charge in [0, 0.05) is 23.8 Å². The Hall–Kier alpha value is -3.73. The van der Waals surface area contributed by atoms with Crippen LogP contribution in [0.15, 0.2) is 36.5 Å². The molecule has 1 atom stereocenters. The lowest BCUT2D eigenvalue weighted by Crippen LogP contribution is -2.52. The van der Waals surface area contributed by atoms with Crippen molar-refractivity contribution in [3.8, 4) is 17.0 Å². The van der Waals surface area contributed by atoms with E-state index in [1.807, 2.05) is 18.2 Å². The van der Waals surface area contributed by atoms with Crippen molar-refractivity contribution in [3.05, 3.63) is 59.3 Å². The molecule has 5 rings (SSSR count). The summed E-state index contributed by atoms with van der Waals surface area (Å²) in [6, 6.07) is 7.49. The second-order valence-corrected chi connectivity index (χ2v) is 8.91. The van der Waals surface area contributed by atoms with Gasteiger partial charge in [0.25, 0.3) is 12.3 Å². The van der Waals surface area contributed by atoms with Gasteiger partial charge >= 0.3 is 0 Å². The third-order valence-electron chi connectivity index (χ3n) is 6.12. The molecule has 11 heteroatoms. The van der Waals surface area contributed by atoms with E-state index in [9.17, 15) is 18.0 Å². The molecule has 0 bridgehead atoms. The lowest BCUT2D eigenvalue weighted by molar-refractivity contribution is -0.133. The summed E-state index contributed by atoms with van der Waals surface area (Å²) in [5.41, 5.74) is 2.78. The average molecular weight is 501 g/mol. The van der Waals surface area contributed by atoms with Crippen molar-refractivity contribution >= 4 is 23.2 Å². The Morgan fingerprint density at radius 1 is 1.14 bits per heavy atom. The summed E-state index contributed by atoms with van der Waals surface area (Å²) in [7, 11) is 0. The summed E-state index contributed by atoms with van der Waals surface area (Å²) >= 11 is 0. The van der Waals surface area contributed by atoms with E-state index in [0.29, 0.717) is 5.69 Å². The molecule has 3 aromatic rings. The molecule has 0 aliphatic carbocycles. The Morgan fingerprint density at radius 2 is 1.94 bits per heavy atom. The van der Waals surface area contributed by atoms with Crippen LogP contribution in [0.25, 0.3) is 11.3 Å². The zero-order chi connectivity index (χ0) is 25.6. The second kappa shape index (κ2) is 9.38. The Labute approximate surface area is 204 Å². The SMILES string of the molecule is CC(C)N1C(=O)C(C(F)F)Oc2c(F)cc(-c3nc(Nc4ccc5c(c4)CNCC5)ncc3F)cc21. The molecule has 1 aromatic heterocycles. The second-order valence-electron chi connectivity index (χ2n) is 8.91. The molecule has 1 unspecified atom stereocenters. The van der Waals surface area contributed by atoms with E-state index in [1.54, 1.807) is 13.8 Å². The van der Waals surface area contributed by atoms with E-state index in [4.69, 9.17) is 4.74 Å². The number of amides is 1. The topological polar surface area (TPSA) is 79.4 Å². The molecule has 2 aliphatic heterocycles. The number of aromatic nitrogens is 2. The number of nitrogens with one attached hydrogen (secondary N) is 2. The third kappa shape index (κ3) is 4.34. The minimum absolute atomic E-state index is 0.00129. The fraction of sp³-hybridized carbons (Fsp3) is 0.320. The van der Waals surface area contributed by atoms with Gasteiger partial charge in [-0.25, -0.2) is 27.5 Å². The maximum atomic E-state index is 15.1. The predicted octanol–water partition coefficient (Wildman–Crippen LogP) is 4.58. The molecule has 188 valence electrons. The van der Waals surface area contributed by atoms with Gasteiger partial charge in [-0.15, -0.1) is 0 Å². The van der Waals surface area contributed by atoms with Crippen molar-refractivity contribution in [1.82, 2.24) is 15.3 Å². The van der Waals surface area contributed by atoms with Crippen LogP contribution in [0.4, 0.5) is 34.9 Å². The van der Waals surface area contributed by atoms with Gasteiger partial charge in [-0.3, -0.25) is 4.79 Å². The van der Waals surface area contributed by atoms with Crippen molar-refractivity contribution in [2.75, 3.05) is 16.8 Å². The highest BCUT2D eigenvalue weighted by atomic mass is 19.3. The van der Waals surface area contributed by atoms with Crippen molar-refractivity contribution in [2.24, 2.45) is 0 Å². The summed E-state index contributed by atoms with van der Waals surface area (Å²) in [5.74, 6) is -3.25. The van der Waals surface area contributed by atoms with Gasteiger partial charge in [-0.1, -0.05) is 6.07 Å². The van der Waals surface area contributed by atoms with Crippen LogP contribution in [-0.2, 0) is 17.8 Å². The molecule has 0 spiro atoms. The Balaban J connectivity index is 1.52. The van der Waals surface area contributed by atoms with Crippen LogP contribution in [0.1, 0.15) is 25.0 Å². The molecule has 7 nitrogen and oxygen atoms in total. The van der Waals surface area contributed by atoms with E-state index >= 15 is 4.39 Å². The van der Waals surface area contributed by atoms with Crippen LogP contribution in [0.3, 0.4) is 0 Å². The van der Waals surface area contributed by atoms with Gasteiger partial charge in [0.1, 0.15) is 5.69 Å². The van der Waals surface area contributed by atoms with Crippen LogP contribution >= 0.6 is 0 Å². The standard InChI is InChI=1S/C25H23F4N5O2/c1-12(2)34-19-9-14(8-17(26)21(19)36-22(23(28)29)24(34)35)20-18(27)11-31-25(33-20)32-16-4-3-13-5-6-30-10-15(13)7-16/h3-4,7-9,11-12,22-23,30H,5-6,10H2,1-2H3,(H,31,32,33). The normalized spacial score (nSPS) is 17.2. The highest BCUT2D eigenvalue weighted by Crippen LogP contribution is 2.42. The van der Waals surface area contributed by atoms with E-state index in [2.05, 4.69) is 20.6 Å². The van der Waals surface area contributed by atoms with Gasteiger partial charge in [-0.2, -0.15) is 0 Å². The highest BCUT2D eigenvalue weighted by molar-refractivity contribution is 6.01. The van der Waals surface area contributed by atoms with Crippen LogP contribution < -0.4 is 20.3 Å². The van der Waals surface area contributed by atoms with Gasteiger partial charge in [0.2, 0.25) is 12.1 Å². The van der Waals surface area contributed by atoms with E-state index in [-0.39, 0.29) is 22.9 Å². The first kappa shape index (κ1) is 24.0. The fourth-order valence-electron chi connectivity index (χ4n) is 4.45. The number of rotatable bonds is 5. The smallest absolute Gasteiger partial charge is 0.283 e. The maximum absolute atomic E-state index is 15.1. The van der Waals surface area contributed by atoms with Crippen LogP contribution in [0, 0.1) is 11.6 Å². The van der Waals surface area contributed by atoms with Crippen molar-refractivity contribution < 1.29 is 27.1 Å². The lowest BCUT2D eigenvalue weighted by Gasteiger charge is -2.36. The number of benzene rings is 2. The number of hydrogen-bond acceptors (Lipinski definition) is 6. The average Bonchev–Trinajstić information content (AvgIpc) is 2.84. The zero-order valence-corrected chi connectivity index (χ0v) is 19.5. The van der Waals surface area contributed by atoms with Gasteiger partial charge < -0.3 is 20.3 Å². The van der Waals surface area contributed by atoms with Crippen molar-refractivity contribution in [2.45, 2.75) is 45.4 Å². The monoisotopic (exact) mass is 501 g/mol. The number of anilines is 3. The molecular weight excluding hydrogens is 478 g/mol. The third-order valence-corrected chi connectivity index (χ3v) is 6.12. The predicted molar refractivity (Wildman–Crippen MR) is 126 cm³/mol. The van der Waals surface area contributed by atoms with E-state index < -0.39 is 41.9 Å². The molecule has 0 fully saturated rings. The molecule has 1 amide bonds. The van der Waals surface area contributed by atoms with Crippen molar-refractivity contribution in [1.29, 1.82) is 0 Å². The first-order valence-corrected chi connectivity index (χ1v) is 11.5. The molecule has 0 saturated carbocycles. The van der Waals surface area contributed by atoms with Crippen LogP contribution in [-0.4, -0.2) is 41.0 Å². The molecule has 36 heavy (non-hydrogen) atoms. The van der Waals surface area contributed by atoms with Gasteiger partial charge in [-0.05, 0) is 62.2 Å². The molecule has 2 aliphatic rings. The number of halogens is 4. The van der Waals surface area contributed by atoms with E-state index in [0.717, 1.165) is 42.2 Å². The number of ether oxygens (including phenoxy) is 1. The molecular formula is C25H23F4N5O2. The summed E-state index contributed by atoms with van der Waals surface area (Å²) in [6.45, 7) is 4.84. The quantitative estimate of drug-likeness (QED) is 0.499. The summed E-state index contributed by atoms with van der Waals surface area (Å²) < 4.78 is 61.6. The number of carbonyl (C=O) groups excluding carboxylic acids is 1. The summed E-state index contributed by atoms with van der Waals surface area (Å²) in [5, 5.41) is 6.34. The first-order valence-electron chi connectivity index (χ1n) is 11.5. The molecule has 2 aromatic carbocycles. The summed E-state index contributed by atoms with van der Waals surface area (Å²) in [4.78, 5) is 21.9. The van der Waals surface area contributed by atoms with Gasteiger partial charge in [0.05, 0.1) is 11.9 Å². The highest BCUT2D eigenvalue weighted by Gasteiger charge is 2.42. The van der Waals surface area contributed by atoms with Crippen LogP contribution in [0.2, 0.25) is 0 Å². The number of nitrogens with zero attached hydrogens (tertiary/aromatic N) is 3. The molecule has 3 heterocycles. The minimum Gasteiger partial charge on any atom is -0.469 e. The fourth-order valence-corrected chi connectivity index (χ4v) is 4.45. The molecule has 2 N–H and O–H groups in total. The zero-order valence-electron chi connectivity index (χ0n) is 19.5. The lowest BCUT2D eigenvalue weighted by atomic mass is 10.0. The van der Waals surface area contributed by atoms with Crippen LogP contribution in [0.5, 0.6) is 5.75 Å². The number of fused-ring (bicyclic) bond motifs is 2. The largest absolute Gasteiger partial charge is 0.469 e. The van der Waals surface area contributed by atoms with E-state index in [1.165, 1.54) is 11.6 Å². The Kier molecular flexibility index (Phi) is 6.25.